The first-order valence-corrected chi connectivity index (χ1v) is 12.9. The Morgan fingerprint density at radius 1 is 0.757 bits per heavy atom. The standard InChI is InChI=1S/C29H33N3O4S/c1-2-3-4-5-9-19-35-26-17-15-22(16-18-26)28(34)32-29(37)31-24-12-10-11-23(20-24)30-27(33)21-36-25-13-7-6-8-14-25/h6-8,10-18,20H,2-5,9,19,21H2,1H3,(H,30,33)(H2,31,32,34,37). The number of ether oxygens (including phenoxy) is 2. The molecule has 37 heavy (non-hydrogen) atoms. The Morgan fingerprint density at radius 3 is 2.16 bits per heavy atom. The van der Waals surface area contributed by atoms with Crippen molar-refractivity contribution >= 4 is 40.5 Å². The lowest BCUT2D eigenvalue weighted by atomic mass is 10.2. The Balaban J connectivity index is 1.42. The SMILES string of the molecule is CCCCCCCOc1ccc(C(=O)NC(=S)Nc2cccc(NC(=O)COc3ccccc3)c2)cc1. The van der Waals surface area contributed by atoms with E-state index >= 15 is 0 Å². The van der Waals surface area contributed by atoms with Crippen molar-refractivity contribution in [3.05, 3.63) is 84.4 Å². The topological polar surface area (TPSA) is 88.7 Å². The summed E-state index contributed by atoms with van der Waals surface area (Å²) in [6, 6.07) is 23.1. The molecule has 0 unspecified atom stereocenters. The van der Waals surface area contributed by atoms with E-state index in [1.54, 1.807) is 60.7 Å². The number of hydrogen-bond donors (Lipinski definition) is 3. The number of nitrogens with one attached hydrogen (secondary N) is 3. The van der Waals surface area contributed by atoms with Gasteiger partial charge in [-0.05, 0) is 73.2 Å². The van der Waals surface area contributed by atoms with Crippen molar-refractivity contribution in [3.8, 4) is 11.5 Å². The van der Waals surface area contributed by atoms with E-state index in [1.807, 2.05) is 18.2 Å². The van der Waals surface area contributed by atoms with Crippen LogP contribution in [0.25, 0.3) is 0 Å². The molecule has 0 bridgehead atoms. The summed E-state index contributed by atoms with van der Waals surface area (Å²) in [6.45, 7) is 2.75. The molecule has 0 atom stereocenters. The van der Waals surface area contributed by atoms with Crippen LogP contribution in [0.2, 0.25) is 0 Å². The fraction of sp³-hybridized carbons (Fsp3) is 0.276. The van der Waals surface area contributed by atoms with Gasteiger partial charge in [-0.3, -0.25) is 14.9 Å². The summed E-state index contributed by atoms with van der Waals surface area (Å²) in [5, 5.41) is 8.56. The largest absolute Gasteiger partial charge is 0.494 e. The van der Waals surface area contributed by atoms with Gasteiger partial charge < -0.3 is 20.1 Å². The minimum Gasteiger partial charge on any atom is -0.494 e. The molecule has 0 aliphatic carbocycles. The highest BCUT2D eigenvalue weighted by molar-refractivity contribution is 7.80. The number of carbonyl (C=O) groups is 2. The third kappa shape index (κ3) is 10.3. The van der Waals surface area contributed by atoms with Crippen LogP contribution in [0.15, 0.2) is 78.9 Å². The quantitative estimate of drug-likeness (QED) is 0.185. The van der Waals surface area contributed by atoms with Gasteiger partial charge in [0.25, 0.3) is 11.8 Å². The zero-order valence-electron chi connectivity index (χ0n) is 21.0. The van der Waals surface area contributed by atoms with Crippen molar-refractivity contribution in [2.24, 2.45) is 0 Å². The highest BCUT2D eigenvalue weighted by Crippen LogP contribution is 2.16. The Labute approximate surface area is 223 Å². The number of unbranched alkanes of at least 4 members (excludes halogenated alkanes) is 4. The predicted molar refractivity (Wildman–Crippen MR) is 151 cm³/mol. The van der Waals surface area contributed by atoms with Crippen molar-refractivity contribution in [1.29, 1.82) is 0 Å². The predicted octanol–water partition coefficient (Wildman–Crippen LogP) is 6.18. The molecule has 8 heteroatoms. The highest BCUT2D eigenvalue weighted by atomic mass is 32.1. The van der Waals surface area contributed by atoms with Crippen molar-refractivity contribution < 1.29 is 19.1 Å². The van der Waals surface area contributed by atoms with Gasteiger partial charge in [-0.2, -0.15) is 0 Å². The Hall–Kier alpha value is -3.91. The smallest absolute Gasteiger partial charge is 0.262 e. The van der Waals surface area contributed by atoms with E-state index in [4.69, 9.17) is 21.7 Å². The van der Waals surface area contributed by atoms with Crippen LogP contribution in [-0.2, 0) is 4.79 Å². The normalized spacial score (nSPS) is 10.3. The monoisotopic (exact) mass is 519 g/mol. The third-order valence-electron chi connectivity index (χ3n) is 5.38. The number of amides is 2. The summed E-state index contributed by atoms with van der Waals surface area (Å²) in [4.78, 5) is 24.8. The van der Waals surface area contributed by atoms with Gasteiger partial charge in [0.1, 0.15) is 11.5 Å². The number of thiocarbonyl (C=S) groups is 1. The van der Waals surface area contributed by atoms with E-state index in [2.05, 4.69) is 22.9 Å². The van der Waals surface area contributed by atoms with Gasteiger partial charge in [0.2, 0.25) is 0 Å². The van der Waals surface area contributed by atoms with Crippen molar-refractivity contribution in [3.63, 3.8) is 0 Å². The number of hydrogen-bond acceptors (Lipinski definition) is 5. The Morgan fingerprint density at radius 2 is 1.43 bits per heavy atom. The third-order valence-corrected chi connectivity index (χ3v) is 5.58. The molecule has 3 N–H and O–H groups in total. The molecule has 3 rings (SSSR count). The molecular weight excluding hydrogens is 486 g/mol. The average molecular weight is 520 g/mol. The van der Waals surface area contributed by atoms with Crippen LogP contribution in [0, 0.1) is 0 Å². The van der Waals surface area contributed by atoms with E-state index in [0.717, 1.165) is 18.6 Å². The molecule has 0 aliphatic rings. The van der Waals surface area contributed by atoms with E-state index in [9.17, 15) is 9.59 Å². The van der Waals surface area contributed by atoms with Gasteiger partial charge in [0.05, 0.1) is 6.61 Å². The van der Waals surface area contributed by atoms with Crippen molar-refractivity contribution in [1.82, 2.24) is 5.32 Å². The lowest BCUT2D eigenvalue weighted by molar-refractivity contribution is -0.118. The molecule has 0 saturated heterocycles. The summed E-state index contributed by atoms with van der Waals surface area (Å²) in [6.07, 6.45) is 5.90. The number of carbonyl (C=O) groups excluding carboxylic acids is 2. The molecule has 2 amide bonds. The van der Waals surface area contributed by atoms with E-state index in [1.165, 1.54) is 19.3 Å². The van der Waals surface area contributed by atoms with Gasteiger partial charge in [-0.1, -0.05) is 56.9 Å². The number of rotatable bonds is 13. The molecule has 194 valence electrons. The van der Waals surface area contributed by atoms with Crippen LogP contribution >= 0.6 is 12.2 Å². The molecule has 0 heterocycles. The van der Waals surface area contributed by atoms with Crippen molar-refractivity contribution in [2.45, 2.75) is 39.0 Å². The molecule has 0 aliphatic heterocycles. The first-order chi connectivity index (χ1) is 18.0. The second-order valence-electron chi connectivity index (χ2n) is 8.43. The maximum Gasteiger partial charge on any atom is 0.262 e. The Kier molecular flexibility index (Phi) is 11.4. The first-order valence-electron chi connectivity index (χ1n) is 12.5. The second kappa shape index (κ2) is 15.3. The van der Waals surface area contributed by atoms with Gasteiger partial charge in [0.15, 0.2) is 11.7 Å². The van der Waals surface area contributed by atoms with Crippen LogP contribution < -0.4 is 25.4 Å². The zero-order chi connectivity index (χ0) is 26.3. The van der Waals surface area contributed by atoms with E-state index < -0.39 is 0 Å². The molecule has 3 aromatic rings. The second-order valence-corrected chi connectivity index (χ2v) is 8.83. The molecular formula is C29H33N3O4S. The molecule has 0 fully saturated rings. The fourth-order valence-corrected chi connectivity index (χ4v) is 3.68. The molecule has 0 radical (unpaired) electrons. The van der Waals surface area contributed by atoms with Gasteiger partial charge in [-0.15, -0.1) is 0 Å². The molecule has 7 nitrogen and oxygen atoms in total. The average Bonchev–Trinajstić information content (AvgIpc) is 2.90. The molecule has 0 spiro atoms. The fourth-order valence-electron chi connectivity index (χ4n) is 3.47. The summed E-state index contributed by atoms with van der Waals surface area (Å²) in [5.74, 6) is 0.738. The number of para-hydroxylation sites is 1. The van der Waals surface area contributed by atoms with E-state index in [-0.39, 0.29) is 23.5 Å². The molecule has 0 aromatic heterocycles. The van der Waals surface area contributed by atoms with Crippen LogP contribution in [0.5, 0.6) is 11.5 Å². The van der Waals surface area contributed by atoms with Crippen LogP contribution in [-0.4, -0.2) is 30.1 Å². The zero-order valence-corrected chi connectivity index (χ0v) is 21.8. The molecule has 3 aromatic carbocycles. The Bertz CT molecular complexity index is 1150. The van der Waals surface area contributed by atoms with E-state index in [0.29, 0.717) is 29.3 Å². The number of benzene rings is 3. The highest BCUT2D eigenvalue weighted by Gasteiger charge is 2.09. The lowest BCUT2D eigenvalue weighted by Crippen LogP contribution is -2.34. The van der Waals surface area contributed by atoms with Crippen molar-refractivity contribution in [2.75, 3.05) is 23.8 Å². The minimum absolute atomic E-state index is 0.112. The first kappa shape index (κ1) is 27.7. The van der Waals surface area contributed by atoms with Gasteiger partial charge >= 0.3 is 0 Å². The lowest BCUT2D eigenvalue weighted by Gasteiger charge is -2.12. The van der Waals surface area contributed by atoms with Gasteiger partial charge in [0, 0.05) is 16.9 Å². The van der Waals surface area contributed by atoms with Gasteiger partial charge in [-0.25, -0.2) is 0 Å². The summed E-state index contributed by atoms with van der Waals surface area (Å²) >= 11 is 5.29. The van der Waals surface area contributed by atoms with Crippen LogP contribution in [0.1, 0.15) is 49.4 Å². The van der Waals surface area contributed by atoms with Crippen LogP contribution in [0.3, 0.4) is 0 Å². The number of anilines is 2. The summed E-state index contributed by atoms with van der Waals surface area (Å²) in [5.41, 5.74) is 1.66. The maximum atomic E-state index is 12.6. The van der Waals surface area contributed by atoms with Crippen LogP contribution in [0.4, 0.5) is 11.4 Å². The molecule has 0 saturated carbocycles. The maximum absolute atomic E-state index is 12.6. The minimum atomic E-state index is -0.328. The summed E-state index contributed by atoms with van der Waals surface area (Å²) in [7, 11) is 0. The summed E-state index contributed by atoms with van der Waals surface area (Å²) < 4.78 is 11.2.